The summed E-state index contributed by atoms with van der Waals surface area (Å²) in [6, 6.07) is -0.786. The summed E-state index contributed by atoms with van der Waals surface area (Å²) in [7, 11) is 2.47. The van der Waals surface area contributed by atoms with Crippen LogP contribution in [0.1, 0.15) is 6.42 Å². The first-order chi connectivity index (χ1) is 8.02. The van der Waals surface area contributed by atoms with E-state index in [1.165, 1.54) is 19.2 Å². The second-order valence-corrected chi connectivity index (χ2v) is 4.95. The van der Waals surface area contributed by atoms with Crippen molar-refractivity contribution in [1.29, 1.82) is 0 Å². The molecule has 0 aromatic rings. The highest BCUT2D eigenvalue weighted by molar-refractivity contribution is 6.26. The van der Waals surface area contributed by atoms with Crippen molar-refractivity contribution in [2.24, 2.45) is 0 Å². The van der Waals surface area contributed by atoms with Gasteiger partial charge < -0.3 is 9.47 Å². The quantitative estimate of drug-likeness (QED) is 0.631. The molecule has 96 valence electrons. The van der Waals surface area contributed by atoms with Gasteiger partial charge in [0.05, 0.1) is 37.1 Å². The van der Waals surface area contributed by atoms with Crippen LogP contribution in [0.4, 0.5) is 9.59 Å². The van der Waals surface area contributed by atoms with Gasteiger partial charge in [-0.1, -0.05) is 0 Å². The van der Waals surface area contributed by atoms with Gasteiger partial charge >= 0.3 is 12.2 Å². The van der Waals surface area contributed by atoms with E-state index < -0.39 is 23.6 Å². The minimum Gasteiger partial charge on any atom is -0.452 e. The van der Waals surface area contributed by atoms with Crippen molar-refractivity contribution >= 4 is 35.4 Å². The van der Waals surface area contributed by atoms with E-state index in [2.05, 4.69) is 9.47 Å². The first-order valence-corrected chi connectivity index (χ1v) is 5.92. The highest BCUT2D eigenvalue weighted by Gasteiger charge is 2.60. The van der Waals surface area contributed by atoms with Crippen molar-refractivity contribution < 1.29 is 19.1 Å². The van der Waals surface area contributed by atoms with E-state index in [9.17, 15) is 9.59 Å². The van der Waals surface area contributed by atoms with E-state index in [0.29, 0.717) is 6.42 Å². The molecule has 2 bridgehead atoms. The number of nitrogens with zero attached hydrogens (tertiary/aromatic N) is 2. The smallest absolute Gasteiger partial charge is 0.429 e. The molecule has 1 saturated carbocycles. The highest BCUT2D eigenvalue weighted by Crippen LogP contribution is 2.44. The molecular weight excluding hydrogens is 271 g/mol. The first-order valence-electron chi connectivity index (χ1n) is 5.05. The molecule has 0 N–H and O–H groups in total. The molecule has 1 heterocycles. The lowest BCUT2D eigenvalue weighted by atomic mass is 10.2. The largest absolute Gasteiger partial charge is 0.452 e. The fraction of sp³-hybridized carbons (Fsp3) is 0.778. The molecule has 0 spiro atoms. The Hall–Kier alpha value is -0.880. The number of rotatable bonds is 0. The van der Waals surface area contributed by atoms with E-state index in [-0.39, 0.29) is 11.4 Å². The predicted octanol–water partition coefficient (Wildman–Crippen LogP) is 1.41. The maximum absolute atomic E-state index is 11.7. The van der Waals surface area contributed by atoms with Crippen LogP contribution in [0.25, 0.3) is 0 Å². The van der Waals surface area contributed by atoms with E-state index in [4.69, 9.17) is 23.2 Å². The second-order valence-electron chi connectivity index (χ2n) is 3.88. The summed E-state index contributed by atoms with van der Waals surface area (Å²) in [6.07, 6.45) is -0.779. The highest BCUT2D eigenvalue weighted by atomic mass is 35.5. The Morgan fingerprint density at radius 1 is 1.12 bits per heavy atom. The monoisotopic (exact) mass is 282 g/mol. The van der Waals surface area contributed by atoms with Crippen molar-refractivity contribution in [3.05, 3.63) is 0 Å². The Morgan fingerprint density at radius 3 is 2.18 bits per heavy atom. The summed E-state index contributed by atoms with van der Waals surface area (Å²) >= 11 is 12.3. The normalized spacial score (nSPS) is 35.1. The summed E-state index contributed by atoms with van der Waals surface area (Å²) in [5.74, 6) is 0. The topological polar surface area (TPSA) is 59.1 Å². The van der Waals surface area contributed by atoms with Crippen LogP contribution in [0, 0.1) is 0 Å². The lowest BCUT2D eigenvalue weighted by molar-refractivity contribution is -0.0288. The van der Waals surface area contributed by atoms with Gasteiger partial charge in [-0.25, -0.2) is 19.6 Å². The van der Waals surface area contributed by atoms with Crippen LogP contribution in [0.5, 0.6) is 0 Å². The minimum atomic E-state index is -0.668. The maximum atomic E-state index is 11.7. The molecule has 6 nitrogen and oxygen atoms in total. The molecule has 1 aliphatic heterocycles. The summed E-state index contributed by atoms with van der Waals surface area (Å²) in [5, 5.41) is 1.64. The SMILES string of the molecule is COC(=O)N1C2CC(Cl)C(C2Cl)N1C(=O)OC. The molecule has 2 amide bonds. The van der Waals surface area contributed by atoms with Gasteiger partial charge in [0.15, 0.2) is 0 Å². The molecule has 8 heteroatoms. The zero-order chi connectivity index (χ0) is 12.7. The Labute approximate surface area is 108 Å². The summed E-state index contributed by atoms with van der Waals surface area (Å²) in [5.41, 5.74) is 0. The number of ether oxygens (including phenoxy) is 2. The third-order valence-corrected chi connectivity index (χ3v) is 4.07. The van der Waals surface area contributed by atoms with Crippen LogP contribution >= 0.6 is 23.2 Å². The molecule has 2 fully saturated rings. The van der Waals surface area contributed by atoms with Gasteiger partial charge in [0.1, 0.15) is 0 Å². The number of carbonyl (C=O) groups excluding carboxylic acids is 2. The van der Waals surface area contributed by atoms with E-state index in [1.807, 2.05) is 0 Å². The molecule has 1 aliphatic carbocycles. The van der Waals surface area contributed by atoms with Crippen molar-refractivity contribution in [3.8, 4) is 0 Å². The maximum Gasteiger partial charge on any atom is 0.429 e. The van der Waals surface area contributed by atoms with Crippen molar-refractivity contribution in [1.82, 2.24) is 10.0 Å². The van der Waals surface area contributed by atoms with Gasteiger partial charge in [-0.2, -0.15) is 0 Å². The molecule has 4 atom stereocenters. The van der Waals surface area contributed by atoms with Gasteiger partial charge in [-0.05, 0) is 6.42 Å². The number of hydrogen-bond donors (Lipinski definition) is 0. The van der Waals surface area contributed by atoms with Crippen LogP contribution in [-0.4, -0.2) is 59.3 Å². The lowest BCUT2D eigenvalue weighted by Crippen LogP contribution is -2.56. The molecule has 0 radical (unpaired) electrons. The molecule has 0 aromatic heterocycles. The van der Waals surface area contributed by atoms with Gasteiger partial charge in [-0.15, -0.1) is 23.2 Å². The van der Waals surface area contributed by atoms with Crippen LogP contribution in [0.3, 0.4) is 0 Å². The summed E-state index contributed by atoms with van der Waals surface area (Å²) in [4.78, 5) is 23.3. The number of fused-ring (bicyclic) bond motifs is 2. The van der Waals surface area contributed by atoms with Crippen LogP contribution in [0.2, 0.25) is 0 Å². The third-order valence-electron chi connectivity index (χ3n) is 3.08. The first kappa shape index (κ1) is 12.6. The summed E-state index contributed by atoms with van der Waals surface area (Å²) in [6.45, 7) is 0. The Balaban J connectivity index is 2.32. The zero-order valence-electron chi connectivity index (χ0n) is 9.30. The number of alkyl halides is 2. The van der Waals surface area contributed by atoms with Crippen molar-refractivity contribution in [2.75, 3.05) is 14.2 Å². The average Bonchev–Trinajstić information content (AvgIpc) is 2.76. The number of methoxy groups -OCH3 is 2. The number of halogens is 2. The van der Waals surface area contributed by atoms with Crippen LogP contribution in [0.15, 0.2) is 0 Å². The fourth-order valence-electron chi connectivity index (χ4n) is 2.37. The van der Waals surface area contributed by atoms with Crippen molar-refractivity contribution in [3.63, 3.8) is 0 Å². The van der Waals surface area contributed by atoms with E-state index >= 15 is 0 Å². The Bertz CT molecular complexity index is 354. The summed E-state index contributed by atoms with van der Waals surface area (Å²) < 4.78 is 9.26. The molecule has 2 rings (SSSR count). The number of carbonyl (C=O) groups is 2. The Kier molecular flexibility index (Phi) is 3.27. The van der Waals surface area contributed by atoms with E-state index in [0.717, 1.165) is 5.01 Å². The van der Waals surface area contributed by atoms with Crippen LogP contribution < -0.4 is 0 Å². The third kappa shape index (κ3) is 1.70. The number of amides is 2. The van der Waals surface area contributed by atoms with Gasteiger partial charge in [0, 0.05) is 0 Å². The standard InChI is InChI=1S/C9H12Cl2N2O4/c1-16-8(14)12-5-3-4(10)7(6(5)11)13(12)9(15)17-2/h4-7H,3H2,1-2H3. The number of hydrogen-bond acceptors (Lipinski definition) is 4. The van der Waals surface area contributed by atoms with E-state index in [1.54, 1.807) is 0 Å². The number of hydrazine groups is 1. The van der Waals surface area contributed by atoms with Gasteiger partial charge in [0.25, 0.3) is 0 Å². The molecular formula is C9H12Cl2N2O4. The predicted molar refractivity (Wildman–Crippen MR) is 60.0 cm³/mol. The molecule has 2 aliphatic rings. The fourth-order valence-corrected chi connectivity index (χ4v) is 3.39. The molecule has 0 aromatic carbocycles. The second kappa shape index (κ2) is 4.42. The van der Waals surface area contributed by atoms with Gasteiger partial charge in [0.2, 0.25) is 0 Å². The van der Waals surface area contributed by atoms with Crippen molar-refractivity contribution in [2.45, 2.75) is 29.3 Å². The van der Waals surface area contributed by atoms with Crippen LogP contribution in [-0.2, 0) is 9.47 Å². The minimum absolute atomic E-state index is 0.289. The van der Waals surface area contributed by atoms with Gasteiger partial charge in [-0.3, -0.25) is 0 Å². The lowest BCUT2D eigenvalue weighted by Gasteiger charge is -2.36. The molecule has 1 saturated heterocycles. The Morgan fingerprint density at radius 2 is 1.65 bits per heavy atom. The zero-order valence-corrected chi connectivity index (χ0v) is 10.8. The average molecular weight is 283 g/mol. The molecule has 17 heavy (non-hydrogen) atoms. The molecule has 4 unspecified atom stereocenters.